The molecule has 0 radical (unpaired) electrons. The molecule has 0 aromatic carbocycles. The van der Waals surface area contributed by atoms with Gasteiger partial charge in [0.1, 0.15) is 0 Å². The molecule has 0 atom stereocenters. The van der Waals surface area contributed by atoms with E-state index < -0.39 is 0 Å². The van der Waals surface area contributed by atoms with Gasteiger partial charge < -0.3 is 5.32 Å². The van der Waals surface area contributed by atoms with Gasteiger partial charge in [-0.25, -0.2) is 0 Å². The zero-order valence-corrected chi connectivity index (χ0v) is 5.07. The highest BCUT2D eigenvalue weighted by molar-refractivity contribution is 6.18. The zero-order valence-electron chi connectivity index (χ0n) is 4.32. The van der Waals surface area contributed by atoms with Crippen molar-refractivity contribution in [3.8, 4) is 0 Å². The number of nitrogens with one attached hydrogen (secondary N) is 1. The van der Waals surface area contributed by atoms with Crippen LogP contribution in [0.2, 0.25) is 0 Å². The van der Waals surface area contributed by atoms with Gasteiger partial charge in [-0.05, 0) is 0 Å². The fourth-order valence-corrected chi connectivity index (χ4v) is 0.320. The largest absolute Gasteiger partial charge is 0.375 e. The third kappa shape index (κ3) is 5.76. The molecular weight excluding hydrogens is 112 g/mol. The molecule has 2 nitrogen and oxygen atoms in total. The molecule has 3 heteroatoms. The second kappa shape index (κ2) is 5.76. The van der Waals surface area contributed by atoms with Gasteiger partial charge in [-0.3, -0.25) is 4.99 Å². The Bertz CT molecular complexity index is 53.7. The van der Waals surface area contributed by atoms with Gasteiger partial charge in [-0.15, -0.1) is 11.6 Å². The maximum Gasteiger partial charge on any atom is 0.0820 e. The molecule has 0 aliphatic rings. The minimum absolute atomic E-state index is 0.631. The lowest BCUT2D eigenvalue weighted by Crippen LogP contribution is -2.13. The fourth-order valence-electron chi connectivity index (χ4n) is 0.210. The summed E-state index contributed by atoms with van der Waals surface area (Å²) in [6, 6.07) is 0. The molecule has 0 saturated heterocycles. The molecule has 0 aliphatic heterocycles. The first-order valence-electron chi connectivity index (χ1n) is 2.11. The van der Waals surface area contributed by atoms with E-state index >= 15 is 0 Å². The molecule has 0 aromatic rings. The molecule has 0 saturated carbocycles. The van der Waals surface area contributed by atoms with Crippen LogP contribution in [0.15, 0.2) is 4.99 Å². The van der Waals surface area contributed by atoms with E-state index in [9.17, 15) is 0 Å². The third-order valence-corrected chi connectivity index (χ3v) is 0.648. The predicted octanol–water partition coefficient (Wildman–Crippen LogP) is 0.473. The van der Waals surface area contributed by atoms with Crippen LogP contribution in [-0.4, -0.2) is 25.8 Å². The maximum absolute atomic E-state index is 5.31. The molecule has 0 bridgehead atoms. The van der Waals surface area contributed by atoms with Crippen LogP contribution in [0, 0.1) is 0 Å². The van der Waals surface area contributed by atoms with Crippen LogP contribution in [0.3, 0.4) is 0 Å². The molecule has 0 rings (SSSR count). The summed E-state index contributed by atoms with van der Waals surface area (Å²) in [4.78, 5) is 3.68. The Morgan fingerprint density at radius 2 is 2.57 bits per heavy atom. The Labute approximate surface area is 48.6 Å². The third-order valence-electron chi connectivity index (χ3n) is 0.459. The monoisotopic (exact) mass is 120 g/mol. The van der Waals surface area contributed by atoms with Crippen LogP contribution in [-0.2, 0) is 0 Å². The summed E-state index contributed by atoms with van der Waals surface area (Å²) in [5, 5.41) is 2.86. The van der Waals surface area contributed by atoms with E-state index in [0.717, 1.165) is 6.54 Å². The Hall–Kier alpha value is -0.240. The lowest BCUT2D eigenvalue weighted by molar-refractivity contribution is 0.991. The highest BCUT2D eigenvalue weighted by Gasteiger charge is 1.71. The Morgan fingerprint density at radius 3 is 3.00 bits per heavy atom. The van der Waals surface area contributed by atoms with E-state index in [1.165, 1.54) is 0 Å². The van der Waals surface area contributed by atoms with Crippen molar-refractivity contribution in [2.45, 2.75) is 0 Å². The molecule has 7 heavy (non-hydrogen) atoms. The molecule has 0 heterocycles. The number of alkyl halides is 1. The van der Waals surface area contributed by atoms with Crippen molar-refractivity contribution in [2.75, 3.05) is 19.5 Å². The molecule has 0 aliphatic carbocycles. The van der Waals surface area contributed by atoms with Crippen molar-refractivity contribution in [1.29, 1.82) is 0 Å². The molecular formula is C4H9ClN2. The average molecular weight is 121 g/mol. The van der Waals surface area contributed by atoms with Gasteiger partial charge in [0.2, 0.25) is 0 Å². The first kappa shape index (κ1) is 6.76. The van der Waals surface area contributed by atoms with Crippen molar-refractivity contribution >= 4 is 17.9 Å². The molecule has 0 spiro atoms. The molecule has 0 amide bonds. The summed E-state index contributed by atoms with van der Waals surface area (Å²) in [6.07, 6.45) is 1.63. The zero-order chi connectivity index (χ0) is 5.54. The van der Waals surface area contributed by atoms with Crippen molar-refractivity contribution in [3.05, 3.63) is 0 Å². The van der Waals surface area contributed by atoms with Crippen molar-refractivity contribution in [3.63, 3.8) is 0 Å². The maximum atomic E-state index is 5.31. The Kier molecular flexibility index (Phi) is 5.56. The highest BCUT2D eigenvalue weighted by atomic mass is 35.5. The molecule has 0 fully saturated rings. The van der Waals surface area contributed by atoms with E-state index in [4.69, 9.17) is 11.6 Å². The second-order valence-electron chi connectivity index (χ2n) is 1.03. The topological polar surface area (TPSA) is 24.4 Å². The summed E-state index contributed by atoms with van der Waals surface area (Å²) in [6.45, 7) is 0.791. The van der Waals surface area contributed by atoms with Gasteiger partial charge in [0.15, 0.2) is 0 Å². The fraction of sp³-hybridized carbons (Fsp3) is 0.750. The van der Waals surface area contributed by atoms with Crippen LogP contribution in [0.5, 0.6) is 0 Å². The lowest BCUT2D eigenvalue weighted by atomic mass is 10.8. The Morgan fingerprint density at radius 1 is 1.86 bits per heavy atom. The standard InChI is InChI=1S/C4H9ClN2/c1-6-4-7-3-2-5/h4H,2-3H2,1H3,(H,6,7). The van der Waals surface area contributed by atoms with Crippen molar-refractivity contribution in [1.82, 2.24) is 5.32 Å². The van der Waals surface area contributed by atoms with Crippen molar-refractivity contribution < 1.29 is 0 Å². The van der Waals surface area contributed by atoms with Gasteiger partial charge in [-0.1, -0.05) is 0 Å². The summed E-state index contributed by atoms with van der Waals surface area (Å²) in [5.74, 6) is 0.631. The van der Waals surface area contributed by atoms with E-state index in [1.54, 1.807) is 13.4 Å². The smallest absolute Gasteiger partial charge is 0.0820 e. The Balaban J connectivity index is 2.69. The number of aliphatic imine (C=N–C) groups is 1. The van der Waals surface area contributed by atoms with Gasteiger partial charge >= 0.3 is 0 Å². The average Bonchev–Trinajstić information content (AvgIpc) is 1.69. The van der Waals surface area contributed by atoms with Crippen LogP contribution >= 0.6 is 11.6 Å². The number of hydrogen-bond acceptors (Lipinski definition) is 1. The van der Waals surface area contributed by atoms with Crippen LogP contribution < -0.4 is 5.32 Å². The molecule has 0 aromatic heterocycles. The van der Waals surface area contributed by atoms with E-state index in [-0.39, 0.29) is 0 Å². The lowest BCUT2D eigenvalue weighted by Gasteiger charge is -1.89. The minimum Gasteiger partial charge on any atom is -0.375 e. The van der Waals surface area contributed by atoms with Crippen LogP contribution in [0.1, 0.15) is 0 Å². The summed E-state index contributed by atoms with van der Waals surface area (Å²) in [7, 11) is 1.71. The summed E-state index contributed by atoms with van der Waals surface area (Å²) in [5.41, 5.74) is 0. The number of nitrogens with zero attached hydrogens (tertiary/aromatic N) is 1. The van der Waals surface area contributed by atoms with E-state index in [2.05, 4.69) is 10.3 Å². The first-order valence-corrected chi connectivity index (χ1v) is 2.65. The van der Waals surface area contributed by atoms with Gasteiger partial charge in [0, 0.05) is 19.5 Å². The first-order chi connectivity index (χ1) is 3.41. The SMILES string of the molecule is C/N=C/NCCCl. The van der Waals surface area contributed by atoms with E-state index in [1.807, 2.05) is 0 Å². The van der Waals surface area contributed by atoms with E-state index in [0.29, 0.717) is 5.88 Å². The quantitative estimate of drug-likeness (QED) is 0.249. The summed E-state index contributed by atoms with van der Waals surface area (Å²) < 4.78 is 0. The molecule has 1 N–H and O–H groups in total. The second-order valence-corrected chi connectivity index (χ2v) is 1.41. The summed E-state index contributed by atoms with van der Waals surface area (Å²) >= 11 is 5.31. The number of rotatable bonds is 3. The van der Waals surface area contributed by atoms with Crippen LogP contribution in [0.4, 0.5) is 0 Å². The number of halogens is 1. The normalized spacial score (nSPS) is 10.0. The molecule has 0 unspecified atom stereocenters. The van der Waals surface area contributed by atoms with Crippen molar-refractivity contribution in [2.24, 2.45) is 4.99 Å². The molecule has 42 valence electrons. The predicted molar refractivity (Wildman–Crippen MR) is 33.1 cm³/mol. The van der Waals surface area contributed by atoms with Gasteiger partial charge in [0.25, 0.3) is 0 Å². The minimum atomic E-state index is 0.631. The van der Waals surface area contributed by atoms with Gasteiger partial charge in [0.05, 0.1) is 6.34 Å². The van der Waals surface area contributed by atoms with Crippen LogP contribution in [0.25, 0.3) is 0 Å². The number of hydrogen-bond donors (Lipinski definition) is 1. The highest BCUT2D eigenvalue weighted by Crippen LogP contribution is 1.65. The van der Waals surface area contributed by atoms with Gasteiger partial charge in [-0.2, -0.15) is 0 Å².